The highest BCUT2D eigenvalue weighted by Crippen LogP contribution is 2.28. The summed E-state index contributed by atoms with van der Waals surface area (Å²) < 4.78 is 0. The maximum absolute atomic E-state index is 12.2. The summed E-state index contributed by atoms with van der Waals surface area (Å²) in [5, 5.41) is 8.40. The first-order valence-electron chi connectivity index (χ1n) is 9.79. The summed E-state index contributed by atoms with van der Waals surface area (Å²) in [6.45, 7) is 8.27. The minimum Gasteiger partial charge on any atom is -0.336 e. The molecule has 2 aromatic carbocycles. The van der Waals surface area contributed by atoms with Gasteiger partial charge in [0.15, 0.2) is 0 Å². The third-order valence-electron chi connectivity index (χ3n) is 4.83. The number of nitrogens with one attached hydrogen (secondary N) is 3. The Morgan fingerprint density at radius 1 is 1.00 bits per heavy atom. The largest absolute Gasteiger partial charge is 0.336 e. The molecule has 5 heteroatoms. The van der Waals surface area contributed by atoms with E-state index in [1.54, 1.807) is 0 Å². The van der Waals surface area contributed by atoms with Gasteiger partial charge >= 0.3 is 6.03 Å². The number of hydrogen-bond donors (Lipinski definition) is 3. The molecule has 0 aliphatic heterocycles. The Morgan fingerprint density at radius 3 is 2.32 bits per heavy atom. The SMILES string of the molecule is CCc1ccccc1NC(=O)CNC(=O)NC(C)CC(C)(C)c1ccccc1. The monoisotopic (exact) mass is 381 g/mol. The molecule has 2 aromatic rings. The van der Waals surface area contributed by atoms with Gasteiger partial charge in [-0.3, -0.25) is 4.79 Å². The molecule has 0 saturated heterocycles. The van der Waals surface area contributed by atoms with E-state index in [0.29, 0.717) is 0 Å². The average Bonchev–Trinajstić information content (AvgIpc) is 2.67. The number of anilines is 1. The zero-order valence-electron chi connectivity index (χ0n) is 17.2. The Balaban J connectivity index is 1.79. The summed E-state index contributed by atoms with van der Waals surface area (Å²) in [4.78, 5) is 24.3. The van der Waals surface area contributed by atoms with Crippen LogP contribution < -0.4 is 16.0 Å². The van der Waals surface area contributed by atoms with Gasteiger partial charge < -0.3 is 16.0 Å². The van der Waals surface area contributed by atoms with Crippen LogP contribution in [0.25, 0.3) is 0 Å². The van der Waals surface area contributed by atoms with Crippen molar-refractivity contribution in [1.82, 2.24) is 10.6 Å². The number of amides is 3. The van der Waals surface area contributed by atoms with E-state index in [4.69, 9.17) is 0 Å². The predicted molar refractivity (Wildman–Crippen MR) is 115 cm³/mol. The van der Waals surface area contributed by atoms with Crippen LogP contribution in [0.2, 0.25) is 0 Å². The summed E-state index contributed by atoms with van der Waals surface area (Å²) in [5.74, 6) is -0.242. The molecule has 5 nitrogen and oxygen atoms in total. The fourth-order valence-corrected chi connectivity index (χ4v) is 3.40. The Bertz CT molecular complexity index is 787. The molecule has 0 spiro atoms. The Labute approximate surface area is 167 Å². The molecular formula is C23H31N3O2. The average molecular weight is 382 g/mol. The second kappa shape index (κ2) is 9.93. The van der Waals surface area contributed by atoms with Crippen molar-refractivity contribution in [2.75, 3.05) is 11.9 Å². The van der Waals surface area contributed by atoms with Gasteiger partial charge in [0, 0.05) is 11.7 Å². The summed E-state index contributed by atoms with van der Waals surface area (Å²) >= 11 is 0. The van der Waals surface area contributed by atoms with Gasteiger partial charge in [-0.15, -0.1) is 0 Å². The summed E-state index contributed by atoms with van der Waals surface area (Å²) in [7, 11) is 0. The number of rotatable bonds is 8. The van der Waals surface area contributed by atoms with E-state index in [-0.39, 0.29) is 29.9 Å². The third-order valence-corrected chi connectivity index (χ3v) is 4.83. The molecule has 150 valence electrons. The molecule has 3 amide bonds. The van der Waals surface area contributed by atoms with Crippen LogP contribution in [0, 0.1) is 0 Å². The Kier molecular flexibility index (Phi) is 7.61. The van der Waals surface area contributed by atoms with Crippen molar-refractivity contribution in [3.63, 3.8) is 0 Å². The lowest BCUT2D eigenvalue weighted by Crippen LogP contribution is -2.45. The molecule has 1 atom stereocenters. The Hall–Kier alpha value is -2.82. The molecule has 0 fully saturated rings. The number of aryl methyl sites for hydroxylation is 1. The highest BCUT2D eigenvalue weighted by Gasteiger charge is 2.24. The second-order valence-corrected chi connectivity index (χ2v) is 7.74. The van der Waals surface area contributed by atoms with Crippen LogP contribution in [0.4, 0.5) is 10.5 Å². The van der Waals surface area contributed by atoms with Crippen LogP contribution in [0.5, 0.6) is 0 Å². The minimum atomic E-state index is -0.338. The highest BCUT2D eigenvalue weighted by molar-refractivity contribution is 5.94. The normalized spacial score (nSPS) is 12.1. The van der Waals surface area contributed by atoms with Gasteiger partial charge in [-0.25, -0.2) is 4.79 Å². The van der Waals surface area contributed by atoms with E-state index in [1.807, 2.05) is 56.3 Å². The summed E-state index contributed by atoms with van der Waals surface area (Å²) in [6, 6.07) is 17.6. The van der Waals surface area contributed by atoms with Gasteiger partial charge in [-0.05, 0) is 42.4 Å². The van der Waals surface area contributed by atoms with E-state index in [0.717, 1.165) is 24.1 Å². The number of carbonyl (C=O) groups is 2. The van der Waals surface area contributed by atoms with Gasteiger partial charge in [0.25, 0.3) is 0 Å². The summed E-state index contributed by atoms with van der Waals surface area (Å²) in [6.07, 6.45) is 1.62. The molecule has 0 saturated carbocycles. The Morgan fingerprint density at radius 2 is 1.64 bits per heavy atom. The zero-order valence-corrected chi connectivity index (χ0v) is 17.2. The molecule has 1 unspecified atom stereocenters. The van der Waals surface area contributed by atoms with Crippen LogP contribution in [0.3, 0.4) is 0 Å². The van der Waals surface area contributed by atoms with E-state index in [1.165, 1.54) is 5.56 Å². The van der Waals surface area contributed by atoms with Crippen molar-refractivity contribution >= 4 is 17.6 Å². The maximum Gasteiger partial charge on any atom is 0.315 e. The first-order chi connectivity index (χ1) is 13.3. The van der Waals surface area contributed by atoms with Gasteiger partial charge in [-0.1, -0.05) is 69.3 Å². The number of hydrogen-bond acceptors (Lipinski definition) is 2. The molecule has 0 heterocycles. The lowest BCUT2D eigenvalue weighted by Gasteiger charge is -2.29. The fraction of sp³-hybridized carbons (Fsp3) is 0.391. The maximum atomic E-state index is 12.2. The first kappa shape index (κ1) is 21.5. The number of benzene rings is 2. The van der Waals surface area contributed by atoms with E-state index in [2.05, 4.69) is 41.9 Å². The van der Waals surface area contributed by atoms with Crippen molar-refractivity contribution < 1.29 is 9.59 Å². The van der Waals surface area contributed by atoms with Gasteiger partial charge in [0.1, 0.15) is 0 Å². The van der Waals surface area contributed by atoms with E-state index in [9.17, 15) is 9.59 Å². The summed E-state index contributed by atoms with van der Waals surface area (Å²) in [5.41, 5.74) is 3.03. The number of para-hydroxylation sites is 1. The van der Waals surface area contributed by atoms with Crippen LogP contribution in [0.1, 0.15) is 45.2 Å². The molecule has 0 bridgehead atoms. The van der Waals surface area contributed by atoms with Gasteiger partial charge in [0.2, 0.25) is 5.91 Å². The molecule has 0 aliphatic rings. The lowest BCUT2D eigenvalue weighted by atomic mass is 9.79. The molecule has 3 N–H and O–H groups in total. The quantitative estimate of drug-likeness (QED) is 0.640. The third kappa shape index (κ3) is 6.41. The topological polar surface area (TPSA) is 70.2 Å². The smallest absolute Gasteiger partial charge is 0.315 e. The van der Waals surface area contributed by atoms with Crippen molar-refractivity contribution in [3.8, 4) is 0 Å². The molecule has 0 aliphatic carbocycles. The van der Waals surface area contributed by atoms with E-state index >= 15 is 0 Å². The van der Waals surface area contributed by atoms with Crippen molar-refractivity contribution in [3.05, 3.63) is 65.7 Å². The van der Waals surface area contributed by atoms with Crippen LogP contribution in [-0.4, -0.2) is 24.5 Å². The second-order valence-electron chi connectivity index (χ2n) is 7.74. The number of carbonyl (C=O) groups excluding carboxylic acids is 2. The van der Waals surface area contributed by atoms with Gasteiger partial charge in [0.05, 0.1) is 6.54 Å². The lowest BCUT2D eigenvalue weighted by molar-refractivity contribution is -0.115. The van der Waals surface area contributed by atoms with Crippen LogP contribution in [-0.2, 0) is 16.6 Å². The van der Waals surface area contributed by atoms with Crippen molar-refractivity contribution in [2.45, 2.75) is 52.0 Å². The fourth-order valence-electron chi connectivity index (χ4n) is 3.40. The zero-order chi connectivity index (χ0) is 20.6. The predicted octanol–water partition coefficient (Wildman–Crippen LogP) is 4.24. The molecule has 2 rings (SSSR count). The van der Waals surface area contributed by atoms with Crippen molar-refractivity contribution in [1.29, 1.82) is 0 Å². The first-order valence-corrected chi connectivity index (χ1v) is 9.79. The highest BCUT2D eigenvalue weighted by atomic mass is 16.2. The molecule has 28 heavy (non-hydrogen) atoms. The van der Waals surface area contributed by atoms with Gasteiger partial charge in [-0.2, -0.15) is 0 Å². The van der Waals surface area contributed by atoms with Crippen LogP contribution >= 0.6 is 0 Å². The molecule has 0 radical (unpaired) electrons. The molecule has 0 aromatic heterocycles. The van der Waals surface area contributed by atoms with Crippen molar-refractivity contribution in [2.24, 2.45) is 0 Å². The standard InChI is InChI=1S/C23H31N3O2/c1-5-18-11-9-10-14-20(18)26-21(27)16-24-22(28)25-17(2)15-23(3,4)19-12-7-6-8-13-19/h6-14,17H,5,15-16H2,1-4H3,(H,26,27)(H2,24,25,28). The molecular weight excluding hydrogens is 350 g/mol. The van der Waals surface area contributed by atoms with E-state index < -0.39 is 0 Å². The minimum absolute atomic E-state index is 0.0286. The van der Waals surface area contributed by atoms with Crippen LogP contribution in [0.15, 0.2) is 54.6 Å². The number of urea groups is 1.